The molecule has 28 heavy (non-hydrogen) atoms. The van der Waals surface area contributed by atoms with Crippen LogP contribution in [0.4, 0.5) is 5.82 Å². The minimum atomic E-state index is 0.407. The van der Waals surface area contributed by atoms with Crippen molar-refractivity contribution in [3.05, 3.63) is 46.7 Å². The summed E-state index contributed by atoms with van der Waals surface area (Å²) in [5.41, 5.74) is 1.04. The van der Waals surface area contributed by atoms with E-state index in [1.807, 2.05) is 6.20 Å². The van der Waals surface area contributed by atoms with Crippen molar-refractivity contribution in [2.75, 3.05) is 11.9 Å². The van der Waals surface area contributed by atoms with Crippen molar-refractivity contribution in [1.29, 1.82) is 0 Å². The summed E-state index contributed by atoms with van der Waals surface area (Å²) in [6, 6.07) is 9.33. The van der Waals surface area contributed by atoms with Crippen LogP contribution in [0.25, 0.3) is 10.9 Å². The fourth-order valence-electron chi connectivity index (χ4n) is 4.62. The van der Waals surface area contributed by atoms with E-state index in [0.717, 1.165) is 35.6 Å². The fourth-order valence-corrected chi connectivity index (χ4v) is 5.43. The average molecular weight is 394 g/mol. The lowest BCUT2D eigenvalue weighted by Crippen LogP contribution is -2.26. The zero-order valence-corrected chi connectivity index (χ0v) is 17.0. The fraction of sp³-hybridized carbons (Fsp3) is 0.500. The maximum Gasteiger partial charge on any atom is 0.145 e. The number of nitrogens with zero attached hydrogens (tertiary/aromatic N) is 4. The number of anilines is 1. The predicted molar refractivity (Wildman–Crippen MR) is 115 cm³/mol. The Kier molecular flexibility index (Phi) is 5.23. The van der Waals surface area contributed by atoms with Crippen molar-refractivity contribution in [1.82, 2.24) is 19.9 Å². The first kappa shape index (κ1) is 18.0. The van der Waals surface area contributed by atoms with Crippen molar-refractivity contribution in [3.63, 3.8) is 0 Å². The number of aromatic nitrogens is 3. The molecular formula is C22H27N5S. The van der Waals surface area contributed by atoms with E-state index in [0.29, 0.717) is 12.1 Å². The highest BCUT2D eigenvalue weighted by Crippen LogP contribution is 2.34. The summed E-state index contributed by atoms with van der Waals surface area (Å²) in [5.74, 6) is 1.93. The largest absolute Gasteiger partial charge is 0.367 e. The zero-order chi connectivity index (χ0) is 18.8. The van der Waals surface area contributed by atoms with Crippen LogP contribution in [-0.2, 0) is 6.54 Å². The molecule has 1 N–H and O–H groups in total. The van der Waals surface area contributed by atoms with E-state index in [9.17, 15) is 0 Å². The molecule has 2 aliphatic rings. The molecule has 2 fully saturated rings. The molecule has 1 atom stereocenters. The molecule has 6 heteroatoms. The van der Waals surface area contributed by atoms with E-state index in [2.05, 4.69) is 44.8 Å². The van der Waals surface area contributed by atoms with Gasteiger partial charge in [-0.05, 0) is 44.4 Å². The topological polar surface area (TPSA) is 53.9 Å². The molecule has 1 unspecified atom stereocenters. The van der Waals surface area contributed by atoms with Gasteiger partial charge in [0.2, 0.25) is 0 Å². The van der Waals surface area contributed by atoms with Crippen molar-refractivity contribution < 1.29 is 0 Å². The summed E-state index contributed by atoms with van der Waals surface area (Å²) in [6.07, 6.45) is 10.8. The van der Waals surface area contributed by atoms with Crippen molar-refractivity contribution in [2.45, 2.75) is 63.6 Å². The average Bonchev–Trinajstić information content (AvgIpc) is 3.40. The maximum absolute atomic E-state index is 4.99. The number of hydrogen-bond donors (Lipinski definition) is 1. The number of nitrogens with one attached hydrogen (secondary N) is 1. The normalized spacial score (nSPS) is 21.4. The zero-order valence-electron chi connectivity index (χ0n) is 16.2. The first-order valence-electron chi connectivity index (χ1n) is 10.5. The first-order chi connectivity index (χ1) is 13.9. The van der Waals surface area contributed by atoms with E-state index in [4.69, 9.17) is 9.97 Å². The first-order valence-corrected chi connectivity index (χ1v) is 11.4. The Morgan fingerprint density at radius 3 is 2.79 bits per heavy atom. The van der Waals surface area contributed by atoms with Gasteiger partial charge in [-0.15, -0.1) is 11.3 Å². The molecule has 3 aromatic rings. The molecule has 1 saturated carbocycles. The second-order valence-corrected chi connectivity index (χ2v) is 8.91. The second-order valence-electron chi connectivity index (χ2n) is 7.98. The Morgan fingerprint density at radius 1 is 1.04 bits per heavy atom. The van der Waals surface area contributed by atoms with E-state index in [1.54, 1.807) is 11.3 Å². The molecule has 0 bridgehead atoms. The van der Waals surface area contributed by atoms with Gasteiger partial charge < -0.3 is 5.32 Å². The minimum Gasteiger partial charge on any atom is -0.367 e. The molecule has 0 spiro atoms. The molecule has 1 aliphatic carbocycles. The van der Waals surface area contributed by atoms with Crippen molar-refractivity contribution >= 4 is 28.1 Å². The summed E-state index contributed by atoms with van der Waals surface area (Å²) in [6.45, 7) is 1.88. The standard InChI is InChI=1S/C22H27N5S/c1-2-7-16(8-3-1)24-21-17-9-4-5-10-18(17)25-20(26-21)15-27-13-6-11-19(27)22-23-12-14-28-22/h4-5,9-10,12,14,16,19H,1-3,6-8,11,13,15H2,(H,24,25,26). The van der Waals surface area contributed by atoms with Gasteiger partial charge in [0.15, 0.2) is 0 Å². The van der Waals surface area contributed by atoms with Gasteiger partial charge in [0.25, 0.3) is 0 Å². The highest BCUT2D eigenvalue weighted by Gasteiger charge is 2.28. The number of rotatable bonds is 5. The molecule has 0 radical (unpaired) electrons. The van der Waals surface area contributed by atoms with Gasteiger partial charge in [0.1, 0.15) is 16.6 Å². The molecule has 1 saturated heterocycles. The molecule has 146 valence electrons. The molecule has 0 amide bonds. The van der Waals surface area contributed by atoms with Crippen LogP contribution in [0.3, 0.4) is 0 Å². The third-order valence-corrected chi connectivity index (χ3v) is 6.92. The van der Waals surface area contributed by atoms with Gasteiger partial charge in [-0.2, -0.15) is 0 Å². The van der Waals surface area contributed by atoms with Crippen LogP contribution in [0.2, 0.25) is 0 Å². The second kappa shape index (κ2) is 8.13. The Bertz CT molecular complexity index is 920. The van der Waals surface area contributed by atoms with Gasteiger partial charge in [0.05, 0.1) is 18.1 Å². The Hall–Kier alpha value is -2.05. The Morgan fingerprint density at radius 2 is 1.93 bits per heavy atom. The molecule has 5 nitrogen and oxygen atoms in total. The summed E-state index contributed by atoms with van der Waals surface area (Å²) in [7, 11) is 0. The van der Waals surface area contributed by atoms with Gasteiger partial charge in [-0.1, -0.05) is 31.4 Å². The summed E-state index contributed by atoms with van der Waals surface area (Å²) >= 11 is 1.76. The van der Waals surface area contributed by atoms with Crippen LogP contribution in [0, 0.1) is 0 Å². The molecular weight excluding hydrogens is 366 g/mol. The van der Waals surface area contributed by atoms with Crippen LogP contribution >= 0.6 is 11.3 Å². The lowest BCUT2D eigenvalue weighted by atomic mass is 9.95. The van der Waals surface area contributed by atoms with E-state index >= 15 is 0 Å². The lowest BCUT2D eigenvalue weighted by Gasteiger charge is -2.25. The molecule has 1 aliphatic heterocycles. The highest BCUT2D eigenvalue weighted by molar-refractivity contribution is 7.09. The molecule has 1 aromatic carbocycles. The quantitative estimate of drug-likeness (QED) is 0.648. The third kappa shape index (κ3) is 3.76. The van der Waals surface area contributed by atoms with Gasteiger partial charge in [0, 0.05) is 23.0 Å². The van der Waals surface area contributed by atoms with Crippen molar-refractivity contribution in [3.8, 4) is 0 Å². The van der Waals surface area contributed by atoms with Gasteiger partial charge in [-0.3, -0.25) is 4.90 Å². The van der Waals surface area contributed by atoms with E-state index in [-0.39, 0.29) is 0 Å². The van der Waals surface area contributed by atoms with Crippen LogP contribution in [0.5, 0.6) is 0 Å². The number of likely N-dealkylation sites (tertiary alicyclic amines) is 1. The summed E-state index contributed by atoms with van der Waals surface area (Å²) in [5, 5.41) is 8.18. The Labute approximate surface area is 170 Å². The monoisotopic (exact) mass is 393 g/mol. The lowest BCUT2D eigenvalue weighted by molar-refractivity contribution is 0.242. The smallest absolute Gasteiger partial charge is 0.145 e. The van der Waals surface area contributed by atoms with Gasteiger partial charge in [-0.25, -0.2) is 15.0 Å². The number of fused-ring (bicyclic) bond motifs is 1. The third-order valence-electron chi connectivity index (χ3n) is 6.04. The maximum atomic E-state index is 4.99. The minimum absolute atomic E-state index is 0.407. The molecule has 3 heterocycles. The summed E-state index contributed by atoms with van der Waals surface area (Å²) < 4.78 is 0. The molecule has 2 aromatic heterocycles. The van der Waals surface area contributed by atoms with Crippen LogP contribution < -0.4 is 5.32 Å². The van der Waals surface area contributed by atoms with Crippen LogP contribution in [0.1, 0.15) is 61.8 Å². The van der Waals surface area contributed by atoms with Crippen LogP contribution in [0.15, 0.2) is 35.8 Å². The Balaban J connectivity index is 1.42. The number of para-hydroxylation sites is 1. The number of benzene rings is 1. The van der Waals surface area contributed by atoms with Crippen LogP contribution in [-0.4, -0.2) is 32.4 Å². The SMILES string of the molecule is c1ccc2c(NC3CCCCC3)nc(CN3CCCC3c3nccs3)nc2c1. The van der Waals surface area contributed by atoms with E-state index in [1.165, 1.54) is 50.0 Å². The van der Waals surface area contributed by atoms with Crippen molar-refractivity contribution in [2.24, 2.45) is 0 Å². The molecule has 5 rings (SSSR count). The summed E-state index contributed by atoms with van der Waals surface area (Å²) in [4.78, 5) is 16.9. The number of thiazole rings is 1. The van der Waals surface area contributed by atoms with E-state index < -0.39 is 0 Å². The number of hydrogen-bond acceptors (Lipinski definition) is 6. The van der Waals surface area contributed by atoms with Gasteiger partial charge >= 0.3 is 0 Å². The predicted octanol–water partition coefficient (Wildman–Crippen LogP) is 5.17. The highest BCUT2D eigenvalue weighted by atomic mass is 32.1.